The zero-order valence-electron chi connectivity index (χ0n) is 10.9. The number of ether oxygens (including phenoxy) is 1. The Morgan fingerprint density at radius 3 is 2.79 bits per heavy atom. The molecule has 0 spiro atoms. The topological polar surface area (TPSA) is 49.8 Å². The molecule has 4 nitrogen and oxygen atoms in total. The van der Waals surface area contributed by atoms with Gasteiger partial charge in [0.1, 0.15) is 5.75 Å². The highest BCUT2D eigenvalue weighted by Gasteiger charge is 2.19. The van der Waals surface area contributed by atoms with Crippen molar-refractivity contribution in [2.45, 2.75) is 25.9 Å². The lowest BCUT2D eigenvalue weighted by molar-refractivity contribution is -0.132. The smallest absolute Gasteiger partial charge is 0.260 e. The maximum atomic E-state index is 11.9. The summed E-state index contributed by atoms with van der Waals surface area (Å²) in [5, 5.41) is 9.68. The van der Waals surface area contributed by atoms with Crippen LogP contribution in [0.1, 0.15) is 31.4 Å². The van der Waals surface area contributed by atoms with Crippen molar-refractivity contribution in [1.29, 1.82) is 0 Å². The third kappa shape index (κ3) is 3.70. The third-order valence-corrected chi connectivity index (χ3v) is 3.73. The molecule has 0 bridgehead atoms. The van der Waals surface area contributed by atoms with E-state index in [4.69, 9.17) is 4.74 Å². The van der Waals surface area contributed by atoms with Crippen molar-refractivity contribution in [3.8, 4) is 5.75 Å². The number of likely N-dealkylation sites (tertiary alicyclic amines) is 1. The number of hydrogen-bond acceptors (Lipinski definition) is 3. The number of carbonyl (C=O) groups excluding carboxylic acids is 1. The quantitative estimate of drug-likeness (QED) is 0.924. The van der Waals surface area contributed by atoms with Gasteiger partial charge in [0.2, 0.25) is 0 Å². The van der Waals surface area contributed by atoms with Crippen molar-refractivity contribution in [1.82, 2.24) is 4.90 Å². The fraction of sp³-hybridized carbons (Fsp3) is 0.500. The van der Waals surface area contributed by atoms with Crippen LogP contribution in [0.25, 0.3) is 0 Å². The van der Waals surface area contributed by atoms with Gasteiger partial charge in [-0.3, -0.25) is 4.79 Å². The molecule has 1 aliphatic heterocycles. The van der Waals surface area contributed by atoms with Gasteiger partial charge in [-0.2, -0.15) is 0 Å². The highest BCUT2D eigenvalue weighted by molar-refractivity contribution is 9.10. The molecule has 1 heterocycles. The molecule has 2 rings (SSSR count). The number of halogens is 1. The van der Waals surface area contributed by atoms with Crippen molar-refractivity contribution in [2.24, 2.45) is 0 Å². The summed E-state index contributed by atoms with van der Waals surface area (Å²) >= 11 is 3.36. The Bertz CT molecular complexity index is 456. The predicted molar refractivity (Wildman–Crippen MR) is 76.1 cm³/mol. The largest absolute Gasteiger partial charge is 0.483 e. The van der Waals surface area contributed by atoms with E-state index in [2.05, 4.69) is 15.9 Å². The van der Waals surface area contributed by atoms with E-state index in [1.54, 1.807) is 19.1 Å². The van der Waals surface area contributed by atoms with E-state index >= 15 is 0 Å². The van der Waals surface area contributed by atoms with Crippen LogP contribution in [0.2, 0.25) is 0 Å². The summed E-state index contributed by atoms with van der Waals surface area (Å²) < 4.78 is 6.43. The number of aliphatic hydroxyl groups excluding tert-OH is 1. The van der Waals surface area contributed by atoms with Gasteiger partial charge in [-0.25, -0.2) is 0 Å². The van der Waals surface area contributed by atoms with Crippen LogP contribution in [0.15, 0.2) is 22.7 Å². The van der Waals surface area contributed by atoms with Crippen molar-refractivity contribution in [3.63, 3.8) is 0 Å². The molecular weight excluding hydrogens is 310 g/mol. The van der Waals surface area contributed by atoms with Crippen molar-refractivity contribution < 1.29 is 14.6 Å². The summed E-state index contributed by atoms with van der Waals surface area (Å²) in [6.07, 6.45) is 1.52. The van der Waals surface area contributed by atoms with Crippen LogP contribution in [-0.2, 0) is 4.79 Å². The standard InChI is InChI=1S/C14H18BrNO3/c1-10(17)12-5-4-11(15)8-13(12)19-9-14(18)16-6-2-3-7-16/h4-5,8,10,17H,2-3,6-7,9H2,1H3. The normalized spacial score (nSPS) is 16.5. The molecule has 19 heavy (non-hydrogen) atoms. The Hall–Kier alpha value is -1.07. The van der Waals surface area contributed by atoms with Crippen molar-refractivity contribution in [2.75, 3.05) is 19.7 Å². The molecular formula is C14H18BrNO3. The Balaban J connectivity index is 2.01. The second-order valence-corrected chi connectivity index (χ2v) is 5.65. The second-order valence-electron chi connectivity index (χ2n) is 4.73. The molecule has 0 aliphatic carbocycles. The van der Waals surface area contributed by atoms with E-state index < -0.39 is 6.10 Å². The summed E-state index contributed by atoms with van der Waals surface area (Å²) in [6.45, 7) is 3.35. The van der Waals surface area contributed by atoms with Crippen molar-refractivity contribution >= 4 is 21.8 Å². The molecule has 1 unspecified atom stereocenters. The molecule has 0 radical (unpaired) electrons. The number of carbonyl (C=O) groups is 1. The third-order valence-electron chi connectivity index (χ3n) is 3.24. The van der Waals surface area contributed by atoms with Gasteiger partial charge >= 0.3 is 0 Å². The van der Waals surface area contributed by atoms with Gasteiger partial charge in [0.05, 0.1) is 6.10 Å². The number of aliphatic hydroxyl groups is 1. The molecule has 104 valence electrons. The summed E-state index contributed by atoms with van der Waals surface area (Å²) in [5.74, 6) is 0.561. The number of hydrogen-bond donors (Lipinski definition) is 1. The van der Waals surface area contributed by atoms with Crippen LogP contribution in [0.5, 0.6) is 5.75 Å². The average Bonchev–Trinajstić information content (AvgIpc) is 2.89. The molecule has 1 aromatic carbocycles. The Morgan fingerprint density at radius 2 is 2.16 bits per heavy atom. The fourth-order valence-corrected chi connectivity index (χ4v) is 2.52. The summed E-state index contributed by atoms with van der Waals surface area (Å²) in [6, 6.07) is 5.42. The number of rotatable bonds is 4. The molecule has 1 aromatic rings. The van der Waals surface area contributed by atoms with Crippen LogP contribution >= 0.6 is 15.9 Å². The van der Waals surface area contributed by atoms with E-state index in [9.17, 15) is 9.90 Å². The SMILES string of the molecule is CC(O)c1ccc(Br)cc1OCC(=O)N1CCCC1. The molecule has 1 aliphatic rings. The summed E-state index contributed by atoms with van der Waals surface area (Å²) in [5.41, 5.74) is 0.692. The van der Waals surface area contributed by atoms with Gasteiger partial charge in [0.15, 0.2) is 6.61 Å². The first-order valence-electron chi connectivity index (χ1n) is 6.46. The number of amides is 1. The van der Waals surface area contributed by atoms with Crippen LogP contribution in [0.3, 0.4) is 0 Å². The van der Waals surface area contributed by atoms with Crippen LogP contribution in [0.4, 0.5) is 0 Å². The van der Waals surface area contributed by atoms with E-state index in [-0.39, 0.29) is 12.5 Å². The molecule has 1 atom stereocenters. The minimum absolute atomic E-state index is 0.00835. The molecule has 0 saturated carbocycles. The first-order chi connectivity index (χ1) is 9.08. The molecule has 1 saturated heterocycles. The molecule has 5 heteroatoms. The van der Waals surface area contributed by atoms with E-state index in [1.807, 2.05) is 11.0 Å². The minimum atomic E-state index is -0.620. The highest BCUT2D eigenvalue weighted by atomic mass is 79.9. The Labute approximate surface area is 121 Å². The zero-order valence-corrected chi connectivity index (χ0v) is 12.5. The maximum Gasteiger partial charge on any atom is 0.260 e. The number of nitrogens with zero attached hydrogens (tertiary/aromatic N) is 1. The Morgan fingerprint density at radius 1 is 1.47 bits per heavy atom. The average molecular weight is 328 g/mol. The first kappa shape index (κ1) is 14.3. The van der Waals surface area contributed by atoms with E-state index in [1.165, 1.54) is 0 Å². The minimum Gasteiger partial charge on any atom is -0.483 e. The highest BCUT2D eigenvalue weighted by Crippen LogP contribution is 2.28. The van der Waals surface area contributed by atoms with Gasteiger partial charge in [0, 0.05) is 23.1 Å². The summed E-state index contributed by atoms with van der Waals surface area (Å²) in [7, 11) is 0. The second kappa shape index (κ2) is 6.39. The fourth-order valence-electron chi connectivity index (χ4n) is 2.18. The molecule has 1 fully saturated rings. The molecule has 1 amide bonds. The lowest BCUT2D eigenvalue weighted by atomic mass is 10.1. The molecule has 0 aromatic heterocycles. The van der Waals surface area contributed by atoms with E-state index in [0.717, 1.165) is 30.4 Å². The van der Waals surface area contributed by atoms with Gasteiger partial charge in [-0.05, 0) is 31.9 Å². The van der Waals surface area contributed by atoms with Crippen molar-refractivity contribution in [3.05, 3.63) is 28.2 Å². The van der Waals surface area contributed by atoms with Crippen LogP contribution in [-0.4, -0.2) is 35.6 Å². The molecule has 1 N–H and O–H groups in total. The van der Waals surface area contributed by atoms with Gasteiger partial charge in [-0.15, -0.1) is 0 Å². The number of benzene rings is 1. The first-order valence-corrected chi connectivity index (χ1v) is 7.25. The lowest BCUT2D eigenvalue weighted by Crippen LogP contribution is -2.32. The predicted octanol–water partition coefficient (Wildman–Crippen LogP) is 2.50. The zero-order chi connectivity index (χ0) is 13.8. The summed E-state index contributed by atoms with van der Waals surface area (Å²) in [4.78, 5) is 13.7. The van der Waals surface area contributed by atoms with Gasteiger partial charge in [-0.1, -0.05) is 22.0 Å². The van der Waals surface area contributed by atoms with Crippen LogP contribution < -0.4 is 4.74 Å². The van der Waals surface area contributed by atoms with Gasteiger partial charge < -0.3 is 14.7 Å². The monoisotopic (exact) mass is 327 g/mol. The van der Waals surface area contributed by atoms with E-state index in [0.29, 0.717) is 11.3 Å². The van der Waals surface area contributed by atoms with Crippen LogP contribution in [0, 0.1) is 0 Å². The Kier molecular flexibility index (Phi) is 4.82. The van der Waals surface area contributed by atoms with Gasteiger partial charge in [0.25, 0.3) is 5.91 Å². The maximum absolute atomic E-state index is 11.9. The lowest BCUT2D eigenvalue weighted by Gasteiger charge is -2.17.